The Morgan fingerprint density at radius 3 is 2.56 bits per heavy atom. The van der Waals surface area contributed by atoms with E-state index < -0.39 is 0 Å². The summed E-state index contributed by atoms with van der Waals surface area (Å²) in [5, 5.41) is 0. The highest BCUT2D eigenvalue weighted by Crippen LogP contribution is 2.06. The molecule has 1 atom stereocenters. The van der Waals surface area contributed by atoms with Crippen LogP contribution in [0, 0.1) is 5.92 Å². The van der Waals surface area contributed by atoms with Crippen LogP contribution in [0.2, 0.25) is 0 Å². The van der Waals surface area contributed by atoms with Gasteiger partial charge in [0.25, 0.3) is 0 Å². The summed E-state index contributed by atoms with van der Waals surface area (Å²) in [4.78, 5) is 8.41. The number of rotatable bonds is 5. The summed E-state index contributed by atoms with van der Waals surface area (Å²) in [6.07, 6.45) is 10.6. The highest BCUT2D eigenvalue weighted by molar-refractivity contribution is 6.04. The Morgan fingerprint density at radius 1 is 1.38 bits per heavy atom. The normalized spacial score (nSPS) is 15.4. The first-order valence-electron chi connectivity index (χ1n) is 5.70. The minimum atomic E-state index is 0.560. The smallest absolute Gasteiger partial charge is 0.158 e. The first-order chi connectivity index (χ1) is 7.65. The van der Waals surface area contributed by atoms with Crippen molar-refractivity contribution in [3.63, 3.8) is 0 Å². The molecule has 0 rings (SSSR count). The van der Waals surface area contributed by atoms with Crippen molar-refractivity contribution in [2.75, 3.05) is 0 Å². The summed E-state index contributed by atoms with van der Waals surface area (Å²) in [5.41, 5.74) is 0.844. The van der Waals surface area contributed by atoms with E-state index in [1.54, 1.807) is 12.4 Å². The predicted octanol–water partition coefficient (Wildman–Crippen LogP) is 4.17. The minimum Gasteiger partial charge on any atom is -0.241 e. The van der Waals surface area contributed by atoms with E-state index >= 15 is 0 Å². The maximum absolute atomic E-state index is 4.22. The van der Waals surface area contributed by atoms with Gasteiger partial charge in [0.05, 0.1) is 0 Å². The van der Waals surface area contributed by atoms with Crippen LogP contribution in [0.3, 0.4) is 0 Å². The van der Waals surface area contributed by atoms with Gasteiger partial charge in [0.1, 0.15) is 0 Å². The Hall–Kier alpha value is -1.44. The largest absolute Gasteiger partial charge is 0.241 e. The van der Waals surface area contributed by atoms with Crippen LogP contribution in [-0.4, -0.2) is 12.1 Å². The van der Waals surface area contributed by atoms with Crippen molar-refractivity contribution in [3.05, 3.63) is 36.6 Å². The number of hydrogen-bond acceptors (Lipinski definition) is 1. The van der Waals surface area contributed by atoms with Gasteiger partial charge in [-0.25, -0.2) is 9.98 Å². The van der Waals surface area contributed by atoms with Crippen LogP contribution in [0.1, 0.15) is 34.1 Å². The molecule has 0 aliphatic carbocycles. The molecule has 0 radical (unpaired) electrons. The van der Waals surface area contributed by atoms with Crippen molar-refractivity contribution in [2.24, 2.45) is 15.9 Å². The second kappa shape index (κ2) is 8.84. The molecule has 0 saturated heterocycles. The lowest BCUT2D eigenvalue weighted by molar-refractivity contribution is 0.698. The second-order valence-electron chi connectivity index (χ2n) is 3.59. The zero-order valence-electron chi connectivity index (χ0n) is 10.8. The van der Waals surface area contributed by atoms with Crippen molar-refractivity contribution < 1.29 is 0 Å². The zero-order valence-corrected chi connectivity index (χ0v) is 10.8. The van der Waals surface area contributed by atoms with Crippen molar-refractivity contribution >= 4 is 12.1 Å². The molecule has 2 heteroatoms. The van der Waals surface area contributed by atoms with Crippen molar-refractivity contribution in [2.45, 2.75) is 34.1 Å². The number of nitrogens with zero attached hydrogens (tertiary/aromatic N) is 2. The summed E-state index contributed by atoms with van der Waals surface area (Å²) in [6.45, 7) is 12.1. The Kier molecular flexibility index (Phi) is 8.04. The van der Waals surface area contributed by atoms with E-state index in [4.69, 9.17) is 0 Å². The maximum atomic E-state index is 4.22. The van der Waals surface area contributed by atoms with Gasteiger partial charge < -0.3 is 0 Å². The third kappa shape index (κ3) is 6.12. The molecular weight excluding hydrogens is 196 g/mol. The Balaban J connectivity index is 4.70. The van der Waals surface area contributed by atoms with E-state index in [2.05, 4.69) is 36.5 Å². The van der Waals surface area contributed by atoms with Gasteiger partial charge in [0, 0.05) is 18.0 Å². The quantitative estimate of drug-likeness (QED) is 0.376. The van der Waals surface area contributed by atoms with Crippen LogP contribution in [0.4, 0.5) is 0 Å². The SMILES string of the molecule is C=C(/C=C\C(C)CC)C(N=CC)=N/C=C/C. The molecule has 0 aliphatic rings. The monoisotopic (exact) mass is 218 g/mol. The average Bonchev–Trinajstić information content (AvgIpc) is 2.30. The van der Waals surface area contributed by atoms with Gasteiger partial charge in [0.15, 0.2) is 5.84 Å². The second-order valence-corrected chi connectivity index (χ2v) is 3.59. The van der Waals surface area contributed by atoms with Crippen LogP contribution >= 0.6 is 0 Å². The first-order valence-corrected chi connectivity index (χ1v) is 5.70. The van der Waals surface area contributed by atoms with Gasteiger partial charge in [-0.05, 0) is 19.8 Å². The molecule has 0 aromatic carbocycles. The van der Waals surface area contributed by atoms with Crippen molar-refractivity contribution in [3.8, 4) is 0 Å². The molecule has 0 bridgehead atoms. The number of amidine groups is 1. The molecule has 0 aromatic heterocycles. The molecule has 0 aliphatic heterocycles. The molecular formula is C14H22N2. The third-order valence-corrected chi connectivity index (χ3v) is 2.15. The van der Waals surface area contributed by atoms with Crippen LogP contribution in [0.5, 0.6) is 0 Å². The van der Waals surface area contributed by atoms with E-state index in [0.29, 0.717) is 11.8 Å². The van der Waals surface area contributed by atoms with Gasteiger partial charge >= 0.3 is 0 Å². The Morgan fingerprint density at radius 2 is 2.06 bits per heavy atom. The summed E-state index contributed by atoms with van der Waals surface area (Å²) in [5.74, 6) is 1.23. The zero-order chi connectivity index (χ0) is 12.4. The highest BCUT2D eigenvalue weighted by atomic mass is 14.9. The molecule has 0 heterocycles. The van der Waals surface area contributed by atoms with Gasteiger partial charge in [0.2, 0.25) is 0 Å². The Labute approximate surface area is 99.2 Å². The lowest BCUT2D eigenvalue weighted by Crippen LogP contribution is -1.96. The molecule has 0 fully saturated rings. The predicted molar refractivity (Wildman–Crippen MR) is 74.2 cm³/mol. The van der Waals surface area contributed by atoms with Gasteiger partial charge in [-0.2, -0.15) is 0 Å². The van der Waals surface area contributed by atoms with E-state index in [1.165, 1.54) is 0 Å². The van der Waals surface area contributed by atoms with Crippen LogP contribution in [0.25, 0.3) is 0 Å². The van der Waals surface area contributed by atoms with E-state index in [-0.39, 0.29) is 0 Å². The fourth-order valence-corrected chi connectivity index (χ4v) is 0.958. The number of aliphatic imine (C=N–C) groups is 2. The van der Waals surface area contributed by atoms with Gasteiger partial charge in [-0.15, -0.1) is 0 Å². The first kappa shape index (κ1) is 14.6. The summed E-state index contributed by atoms with van der Waals surface area (Å²) >= 11 is 0. The van der Waals surface area contributed by atoms with E-state index in [1.807, 2.05) is 26.0 Å². The number of hydrogen-bond donors (Lipinski definition) is 0. The Bertz CT molecular complexity index is 320. The fraction of sp³-hybridized carbons (Fsp3) is 0.429. The van der Waals surface area contributed by atoms with Crippen LogP contribution < -0.4 is 0 Å². The molecule has 0 spiro atoms. The molecule has 1 unspecified atom stereocenters. The van der Waals surface area contributed by atoms with Crippen LogP contribution in [0.15, 0.2) is 46.6 Å². The van der Waals surface area contributed by atoms with Gasteiger partial charge in [-0.1, -0.05) is 45.1 Å². The van der Waals surface area contributed by atoms with Crippen molar-refractivity contribution in [1.29, 1.82) is 0 Å². The molecule has 0 saturated carbocycles. The average molecular weight is 218 g/mol. The standard InChI is InChI=1S/C14H22N2/c1-6-11-16-14(15-8-3)13(5)10-9-12(4)7-2/h6,8-12H,5,7H2,1-4H3/b10-9-,11-6+,15-8?,16-14?. The van der Waals surface area contributed by atoms with Crippen LogP contribution in [-0.2, 0) is 0 Å². The maximum Gasteiger partial charge on any atom is 0.158 e. The third-order valence-electron chi connectivity index (χ3n) is 2.15. The van der Waals surface area contributed by atoms with Crippen molar-refractivity contribution in [1.82, 2.24) is 0 Å². The molecule has 16 heavy (non-hydrogen) atoms. The molecule has 0 N–H and O–H groups in total. The molecule has 88 valence electrons. The minimum absolute atomic E-state index is 0.560. The molecule has 2 nitrogen and oxygen atoms in total. The summed E-state index contributed by atoms with van der Waals surface area (Å²) in [6, 6.07) is 0. The number of allylic oxidation sites excluding steroid dienone is 2. The van der Waals surface area contributed by atoms with Gasteiger partial charge in [-0.3, -0.25) is 0 Å². The summed E-state index contributed by atoms with van der Waals surface area (Å²) < 4.78 is 0. The molecule has 0 amide bonds. The van der Waals surface area contributed by atoms with E-state index in [0.717, 1.165) is 12.0 Å². The topological polar surface area (TPSA) is 24.7 Å². The lowest BCUT2D eigenvalue weighted by atomic mass is 10.1. The summed E-state index contributed by atoms with van der Waals surface area (Å²) in [7, 11) is 0. The fourth-order valence-electron chi connectivity index (χ4n) is 0.958. The lowest BCUT2D eigenvalue weighted by Gasteiger charge is -2.01. The van der Waals surface area contributed by atoms with E-state index in [9.17, 15) is 0 Å². The molecule has 0 aromatic rings. The highest BCUT2D eigenvalue weighted by Gasteiger charge is 1.98.